The average molecular weight is 235 g/mol. The van der Waals surface area contributed by atoms with Crippen LogP contribution in [-0.4, -0.2) is 28.5 Å². The summed E-state index contributed by atoms with van der Waals surface area (Å²) in [5.41, 5.74) is 1.04. The van der Waals surface area contributed by atoms with Gasteiger partial charge in [-0.15, -0.1) is 11.6 Å². The molecule has 0 N–H and O–H groups in total. The van der Waals surface area contributed by atoms with Gasteiger partial charge in [0, 0.05) is 19.9 Å². The van der Waals surface area contributed by atoms with Crippen LogP contribution >= 0.6 is 23.4 Å². The van der Waals surface area contributed by atoms with E-state index in [9.17, 15) is 0 Å². The number of ether oxygens (including phenoxy) is 1. The van der Waals surface area contributed by atoms with Gasteiger partial charge in [0.25, 0.3) is 0 Å². The van der Waals surface area contributed by atoms with E-state index in [1.807, 2.05) is 24.7 Å². The zero-order valence-electron chi connectivity index (χ0n) is 8.66. The monoisotopic (exact) mass is 234 g/mol. The van der Waals surface area contributed by atoms with Crippen molar-refractivity contribution in [3.05, 3.63) is 11.9 Å². The van der Waals surface area contributed by atoms with Gasteiger partial charge in [0.15, 0.2) is 5.16 Å². The second-order valence-electron chi connectivity index (χ2n) is 3.08. The lowest BCUT2D eigenvalue weighted by Crippen LogP contribution is -2.08. The van der Waals surface area contributed by atoms with Crippen molar-refractivity contribution < 1.29 is 4.74 Å². The molecule has 0 amide bonds. The maximum absolute atomic E-state index is 5.74. The predicted molar refractivity (Wildman–Crippen MR) is 60.0 cm³/mol. The van der Waals surface area contributed by atoms with Crippen LogP contribution in [0.25, 0.3) is 0 Å². The zero-order chi connectivity index (χ0) is 10.6. The fourth-order valence-electron chi connectivity index (χ4n) is 0.944. The minimum absolute atomic E-state index is 0.246. The molecule has 1 unspecified atom stereocenters. The van der Waals surface area contributed by atoms with E-state index in [1.165, 1.54) is 0 Å². The highest BCUT2D eigenvalue weighted by Gasteiger charge is 2.07. The molecule has 0 fully saturated rings. The second-order valence-corrected chi connectivity index (χ2v) is 4.34. The van der Waals surface area contributed by atoms with E-state index in [2.05, 4.69) is 4.98 Å². The number of rotatable bonds is 5. The molecule has 80 valence electrons. The lowest BCUT2D eigenvalue weighted by Gasteiger charge is -2.08. The highest BCUT2D eigenvalue weighted by molar-refractivity contribution is 7.99. The lowest BCUT2D eigenvalue weighted by atomic mass is 10.5. The number of nitrogens with zero attached hydrogens (tertiary/aromatic N) is 2. The first-order valence-corrected chi connectivity index (χ1v) is 5.93. The molecule has 1 rings (SSSR count). The lowest BCUT2D eigenvalue weighted by molar-refractivity contribution is 0.137. The minimum atomic E-state index is 0.246. The third kappa shape index (κ3) is 2.90. The summed E-state index contributed by atoms with van der Waals surface area (Å²) in [6.07, 6.45) is 2.06. The largest absolute Gasteiger partial charge is 0.381 e. The minimum Gasteiger partial charge on any atom is -0.381 e. The molecule has 0 saturated heterocycles. The Hall–Kier alpha value is -0.190. The highest BCUT2D eigenvalue weighted by Crippen LogP contribution is 2.19. The number of thioether (sulfide) groups is 1. The smallest absolute Gasteiger partial charge is 0.168 e. The number of alkyl halides is 1. The molecule has 0 aliphatic heterocycles. The Morgan fingerprint density at radius 1 is 1.71 bits per heavy atom. The summed E-state index contributed by atoms with van der Waals surface area (Å²) >= 11 is 7.42. The van der Waals surface area contributed by atoms with Crippen LogP contribution in [0.4, 0.5) is 0 Å². The van der Waals surface area contributed by atoms with Gasteiger partial charge in [0.2, 0.25) is 0 Å². The SMILES string of the molecule is COC(C)CSc1ncc(CCl)n1C. The Morgan fingerprint density at radius 2 is 2.43 bits per heavy atom. The van der Waals surface area contributed by atoms with Crippen molar-refractivity contribution >= 4 is 23.4 Å². The topological polar surface area (TPSA) is 27.1 Å². The van der Waals surface area contributed by atoms with Gasteiger partial charge < -0.3 is 9.30 Å². The van der Waals surface area contributed by atoms with Crippen LogP contribution < -0.4 is 0 Å². The summed E-state index contributed by atoms with van der Waals surface area (Å²) in [7, 11) is 3.69. The molecule has 1 aromatic heterocycles. The van der Waals surface area contributed by atoms with Crippen LogP contribution in [0.1, 0.15) is 12.6 Å². The highest BCUT2D eigenvalue weighted by atomic mass is 35.5. The molecule has 0 radical (unpaired) electrons. The average Bonchev–Trinajstić information content (AvgIpc) is 2.56. The maximum atomic E-state index is 5.74. The summed E-state index contributed by atoms with van der Waals surface area (Å²) in [5.74, 6) is 1.41. The van der Waals surface area contributed by atoms with Gasteiger partial charge >= 0.3 is 0 Å². The van der Waals surface area contributed by atoms with Gasteiger partial charge in [-0.2, -0.15) is 0 Å². The zero-order valence-corrected chi connectivity index (χ0v) is 10.2. The molecule has 0 spiro atoms. The Morgan fingerprint density at radius 3 is 2.93 bits per heavy atom. The van der Waals surface area contributed by atoms with E-state index in [4.69, 9.17) is 16.3 Å². The Bertz CT molecular complexity index is 290. The number of aromatic nitrogens is 2. The van der Waals surface area contributed by atoms with Gasteiger partial charge in [-0.3, -0.25) is 0 Å². The molecule has 14 heavy (non-hydrogen) atoms. The summed E-state index contributed by atoms with van der Waals surface area (Å²) in [4.78, 5) is 4.28. The first-order chi connectivity index (χ1) is 6.69. The maximum Gasteiger partial charge on any atom is 0.168 e. The molecule has 0 aromatic carbocycles. The fraction of sp³-hybridized carbons (Fsp3) is 0.667. The van der Waals surface area contributed by atoms with Crippen molar-refractivity contribution in [2.45, 2.75) is 24.1 Å². The van der Waals surface area contributed by atoms with Crippen LogP contribution in [0.3, 0.4) is 0 Å². The van der Waals surface area contributed by atoms with Gasteiger partial charge in [0.1, 0.15) is 0 Å². The number of halogens is 1. The van der Waals surface area contributed by atoms with E-state index in [0.29, 0.717) is 5.88 Å². The molecule has 0 aliphatic carbocycles. The van der Waals surface area contributed by atoms with E-state index in [1.54, 1.807) is 18.9 Å². The fourth-order valence-corrected chi connectivity index (χ4v) is 2.15. The van der Waals surface area contributed by atoms with Crippen molar-refractivity contribution in [1.29, 1.82) is 0 Å². The number of methoxy groups -OCH3 is 1. The molecule has 1 atom stereocenters. The van der Waals surface area contributed by atoms with E-state index < -0.39 is 0 Å². The second kappa shape index (κ2) is 5.63. The molecular formula is C9H15ClN2OS. The Kier molecular flexibility index (Phi) is 4.78. The molecular weight excluding hydrogens is 220 g/mol. The van der Waals surface area contributed by atoms with Crippen molar-refractivity contribution in [3.8, 4) is 0 Å². The van der Waals surface area contributed by atoms with E-state index >= 15 is 0 Å². The molecule has 0 bridgehead atoms. The van der Waals surface area contributed by atoms with Crippen molar-refractivity contribution in [3.63, 3.8) is 0 Å². The summed E-state index contributed by atoms with van der Waals surface area (Å²) in [5, 5.41) is 0.990. The first-order valence-electron chi connectivity index (χ1n) is 4.41. The molecule has 0 aliphatic rings. The van der Waals surface area contributed by atoms with Gasteiger partial charge in [-0.05, 0) is 6.92 Å². The van der Waals surface area contributed by atoms with Crippen molar-refractivity contribution in [2.75, 3.05) is 12.9 Å². The van der Waals surface area contributed by atoms with Crippen molar-refractivity contribution in [2.24, 2.45) is 7.05 Å². The first kappa shape index (κ1) is 11.9. The Labute approximate surface area is 93.8 Å². The van der Waals surface area contributed by atoms with Crippen LogP contribution in [0, 0.1) is 0 Å². The van der Waals surface area contributed by atoms with Crippen LogP contribution in [0.15, 0.2) is 11.4 Å². The summed E-state index contributed by atoms with van der Waals surface area (Å²) in [6, 6.07) is 0. The van der Waals surface area contributed by atoms with Crippen molar-refractivity contribution in [1.82, 2.24) is 9.55 Å². The molecule has 5 heteroatoms. The molecule has 1 heterocycles. The van der Waals surface area contributed by atoms with Crippen LogP contribution in [-0.2, 0) is 17.7 Å². The standard InChI is InChI=1S/C9H15ClN2OS/c1-7(13-3)6-14-9-11-5-8(4-10)12(9)2/h5,7H,4,6H2,1-3H3. The number of hydrogen-bond donors (Lipinski definition) is 0. The normalized spacial score (nSPS) is 13.1. The third-order valence-electron chi connectivity index (χ3n) is 2.03. The number of imidazole rings is 1. The molecule has 3 nitrogen and oxygen atoms in total. The van der Waals surface area contributed by atoms with E-state index in [-0.39, 0.29) is 6.10 Å². The van der Waals surface area contributed by atoms with Crippen LogP contribution in [0.2, 0.25) is 0 Å². The van der Waals surface area contributed by atoms with Gasteiger partial charge in [-0.1, -0.05) is 11.8 Å². The van der Waals surface area contributed by atoms with Crippen LogP contribution in [0.5, 0.6) is 0 Å². The van der Waals surface area contributed by atoms with Gasteiger partial charge in [-0.25, -0.2) is 4.98 Å². The number of hydrogen-bond acceptors (Lipinski definition) is 3. The molecule has 0 saturated carbocycles. The third-order valence-corrected chi connectivity index (χ3v) is 3.58. The predicted octanol–water partition coefficient (Wildman–Crippen LogP) is 2.29. The quantitative estimate of drug-likeness (QED) is 0.578. The van der Waals surface area contributed by atoms with E-state index in [0.717, 1.165) is 16.6 Å². The Balaban J connectivity index is 2.54. The summed E-state index contributed by atoms with van der Waals surface area (Å²) in [6.45, 7) is 2.04. The van der Waals surface area contributed by atoms with Gasteiger partial charge in [0.05, 0.1) is 23.9 Å². The summed E-state index contributed by atoms with van der Waals surface area (Å²) < 4.78 is 7.17. The molecule has 1 aromatic rings.